The van der Waals surface area contributed by atoms with Gasteiger partial charge < -0.3 is 0 Å². The van der Waals surface area contributed by atoms with E-state index in [1.54, 1.807) is 0 Å². The van der Waals surface area contributed by atoms with Gasteiger partial charge in [-0.1, -0.05) is 29.8 Å². The molecular weight excluding hydrogens is 264 g/mol. The maximum absolute atomic E-state index is 6.26. The number of benzene rings is 1. The maximum atomic E-state index is 6.26. The molecule has 3 rings (SSSR count). The van der Waals surface area contributed by atoms with Gasteiger partial charge in [0.1, 0.15) is 5.15 Å². The Morgan fingerprint density at radius 3 is 2.56 bits per heavy atom. The summed E-state index contributed by atoms with van der Waals surface area (Å²) in [6, 6.07) is 6.22. The third-order valence-corrected chi connectivity index (χ3v) is 4.52. The van der Waals surface area contributed by atoms with Crippen molar-refractivity contribution in [3.8, 4) is 11.4 Å². The average molecular weight is 277 g/mol. The van der Waals surface area contributed by atoms with Crippen LogP contribution in [0.1, 0.15) is 22.4 Å². The number of fused-ring (bicyclic) bond motifs is 1. The highest BCUT2D eigenvalue weighted by atomic mass is 35.5. The van der Waals surface area contributed by atoms with Gasteiger partial charge in [0.2, 0.25) is 0 Å². The Hall–Kier alpha value is -1.06. The SMILES string of the molecule is Cc1cccc(C)c1-c1nc(Cl)c2c(n1)CSC2. The first kappa shape index (κ1) is 12.0. The van der Waals surface area contributed by atoms with Crippen LogP contribution in [-0.4, -0.2) is 9.97 Å². The molecule has 92 valence electrons. The number of halogens is 1. The van der Waals surface area contributed by atoms with Gasteiger partial charge in [-0.05, 0) is 25.0 Å². The normalized spacial score (nSPS) is 13.7. The van der Waals surface area contributed by atoms with E-state index in [4.69, 9.17) is 11.6 Å². The standard InChI is InChI=1S/C14H13ClN2S/c1-8-4-3-5-9(2)12(8)14-16-11-7-18-6-10(11)13(15)17-14/h3-5H,6-7H2,1-2H3. The zero-order chi connectivity index (χ0) is 12.7. The first-order valence-electron chi connectivity index (χ1n) is 5.86. The van der Waals surface area contributed by atoms with E-state index in [9.17, 15) is 0 Å². The van der Waals surface area contributed by atoms with Gasteiger partial charge in [-0.3, -0.25) is 0 Å². The van der Waals surface area contributed by atoms with Crippen LogP contribution in [0.2, 0.25) is 5.15 Å². The third kappa shape index (κ3) is 1.91. The van der Waals surface area contributed by atoms with E-state index in [2.05, 4.69) is 42.0 Å². The maximum Gasteiger partial charge on any atom is 0.161 e. The summed E-state index contributed by atoms with van der Waals surface area (Å²) in [5, 5.41) is 0.614. The van der Waals surface area contributed by atoms with E-state index in [0.29, 0.717) is 5.15 Å². The van der Waals surface area contributed by atoms with Crippen molar-refractivity contribution in [3.63, 3.8) is 0 Å². The lowest BCUT2D eigenvalue weighted by atomic mass is 10.0. The number of rotatable bonds is 1. The summed E-state index contributed by atoms with van der Waals surface area (Å²) in [6.45, 7) is 4.17. The molecule has 2 nitrogen and oxygen atoms in total. The number of hydrogen-bond acceptors (Lipinski definition) is 3. The van der Waals surface area contributed by atoms with E-state index in [1.165, 1.54) is 11.1 Å². The van der Waals surface area contributed by atoms with Crippen LogP contribution in [0.25, 0.3) is 11.4 Å². The minimum Gasteiger partial charge on any atom is -0.232 e. The van der Waals surface area contributed by atoms with E-state index >= 15 is 0 Å². The molecule has 0 fully saturated rings. The molecule has 2 heterocycles. The molecular formula is C14H13ClN2S. The first-order chi connectivity index (χ1) is 8.66. The van der Waals surface area contributed by atoms with Crippen LogP contribution in [0.3, 0.4) is 0 Å². The highest BCUT2D eigenvalue weighted by Crippen LogP contribution is 2.35. The zero-order valence-corrected chi connectivity index (χ0v) is 11.9. The number of aromatic nitrogens is 2. The topological polar surface area (TPSA) is 25.8 Å². The Balaban J connectivity index is 2.21. The monoisotopic (exact) mass is 276 g/mol. The Labute approximate surface area is 116 Å². The summed E-state index contributed by atoms with van der Waals surface area (Å²) < 4.78 is 0. The van der Waals surface area contributed by atoms with Crippen molar-refractivity contribution < 1.29 is 0 Å². The summed E-state index contributed by atoms with van der Waals surface area (Å²) in [6.07, 6.45) is 0. The molecule has 0 spiro atoms. The predicted molar refractivity (Wildman–Crippen MR) is 77.0 cm³/mol. The number of hydrogen-bond donors (Lipinski definition) is 0. The molecule has 1 aliphatic heterocycles. The largest absolute Gasteiger partial charge is 0.232 e. The predicted octanol–water partition coefficient (Wildman–Crippen LogP) is 4.16. The molecule has 0 N–H and O–H groups in total. The zero-order valence-electron chi connectivity index (χ0n) is 10.3. The van der Waals surface area contributed by atoms with Crippen LogP contribution < -0.4 is 0 Å². The first-order valence-corrected chi connectivity index (χ1v) is 7.39. The Bertz CT molecular complexity index is 605. The Morgan fingerprint density at radius 2 is 1.83 bits per heavy atom. The minimum absolute atomic E-state index is 0.614. The molecule has 0 aliphatic carbocycles. The fourth-order valence-corrected chi connectivity index (χ4v) is 3.67. The van der Waals surface area contributed by atoms with Gasteiger partial charge in [0.25, 0.3) is 0 Å². The van der Waals surface area contributed by atoms with E-state index in [1.807, 2.05) is 11.8 Å². The highest BCUT2D eigenvalue weighted by Gasteiger charge is 2.20. The van der Waals surface area contributed by atoms with Gasteiger partial charge in [-0.2, -0.15) is 11.8 Å². The molecule has 4 heteroatoms. The van der Waals surface area contributed by atoms with Gasteiger partial charge in [0.05, 0.1) is 5.69 Å². The van der Waals surface area contributed by atoms with E-state index in [-0.39, 0.29) is 0 Å². The highest BCUT2D eigenvalue weighted by molar-refractivity contribution is 7.98. The summed E-state index contributed by atoms with van der Waals surface area (Å²) >= 11 is 8.11. The second kappa shape index (κ2) is 4.56. The number of nitrogens with zero attached hydrogens (tertiary/aromatic N) is 2. The lowest BCUT2D eigenvalue weighted by Crippen LogP contribution is -2.00. The lowest BCUT2D eigenvalue weighted by Gasteiger charge is -2.10. The second-order valence-electron chi connectivity index (χ2n) is 4.52. The van der Waals surface area contributed by atoms with Crippen LogP contribution in [0.4, 0.5) is 0 Å². The molecule has 0 bridgehead atoms. The average Bonchev–Trinajstić information content (AvgIpc) is 2.77. The van der Waals surface area contributed by atoms with Gasteiger partial charge >= 0.3 is 0 Å². The molecule has 2 aromatic rings. The van der Waals surface area contributed by atoms with Crippen molar-refractivity contribution >= 4 is 23.4 Å². The van der Waals surface area contributed by atoms with Crippen LogP contribution in [-0.2, 0) is 11.5 Å². The van der Waals surface area contributed by atoms with Crippen LogP contribution >= 0.6 is 23.4 Å². The van der Waals surface area contributed by atoms with Crippen LogP contribution in [0.15, 0.2) is 18.2 Å². The van der Waals surface area contributed by atoms with Gasteiger partial charge in [0.15, 0.2) is 5.82 Å². The van der Waals surface area contributed by atoms with Crippen molar-refractivity contribution in [3.05, 3.63) is 45.7 Å². The molecule has 0 radical (unpaired) electrons. The molecule has 0 amide bonds. The Kier molecular flexibility index (Phi) is 3.04. The molecule has 1 aromatic carbocycles. The number of aryl methyl sites for hydroxylation is 2. The van der Waals surface area contributed by atoms with Crippen LogP contribution in [0.5, 0.6) is 0 Å². The van der Waals surface area contributed by atoms with Crippen molar-refractivity contribution in [2.45, 2.75) is 25.4 Å². The van der Waals surface area contributed by atoms with Crippen molar-refractivity contribution in [1.82, 2.24) is 9.97 Å². The molecule has 0 saturated carbocycles. The minimum atomic E-state index is 0.614. The lowest BCUT2D eigenvalue weighted by molar-refractivity contribution is 1.07. The summed E-state index contributed by atoms with van der Waals surface area (Å²) in [5.74, 6) is 2.63. The van der Waals surface area contributed by atoms with E-state index in [0.717, 1.165) is 34.2 Å². The summed E-state index contributed by atoms with van der Waals surface area (Å²) in [5.41, 5.74) is 5.70. The van der Waals surface area contributed by atoms with E-state index < -0.39 is 0 Å². The van der Waals surface area contributed by atoms with Crippen molar-refractivity contribution in [1.29, 1.82) is 0 Å². The molecule has 0 atom stereocenters. The molecule has 18 heavy (non-hydrogen) atoms. The number of thioether (sulfide) groups is 1. The summed E-state index contributed by atoms with van der Waals surface area (Å²) in [7, 11) is 0. The van der Waals surface area contributed by atoms with Gasteiger partial charge in [-0.15, -0.1) is 0 Å². The summed E-state index contributed by atoms with van der Waals surface area (Å²) in [4.78, 5) is 9.17. The quantitative estimate of drug-likeness (QED) is 0.732. The molecule has 1 aromatic heterocycles. The molecule has 0 saturated heterocycles. The fraction of sp³-hybridized carbons (Fsp3) is 0.286. The Morgan fingerprint density at radius 1 is 1.11 bits per heavy atom. The van der Waals surface area contributed by atoms with Crippen molar-refractivity contribution in [2.75, 3.05) is 0 Å². The second-order valence-corrected chi connectivity index (χ2v) is 5.87. The van der Waals surface area contributed by atoms with Crippen molar-refractivity contribution in [2.24, 2.45) is 0 Å². The smallest absolute Gasteiger partial charge is 0.161 e. The van der Waals surface area contributed by atoms with Gasteiger partial charge in [-0.25, -0.2) is 9.97 Å². The molecule has 0 unspecified atom stereocenters. The molecule has 1 aliphatic rings. The van der Waals surface area contributed by atoms with Gasteiger partial charge in [0, 0.05) is 22.6 Å². The fourth-order valence-electron chi connectivity index (χ4n) is 2.29. The third-order valence-electron chi connectivity index (χ3n) is 3.23. The van der Waals surface area contributed by atoms with Crippen LogP contribution in [0, 0.1) is 13.8 Å².